The number of nitrogens with zero attached hydrogens (tertiary/aromatic N) is 1. The van der Waals surface area contributed by atoms with Crippen LogP contribution < -0.4 is 9.62 Å². The topological polar surface area (TPSA) is 49.4 Å². The van der Waals surface area contributed by atoms with Crippen molar-refractivity contribution in [1.29, 1.82) is 0 Å². The number of hydrogen-bond acceptors (Lipinski definition) is 3. The lowest BCUT2D eigenvalue weighted by Gasteiger charge is -2.42. The summed E-state index contributed by atoms with van der Waals surface area (Å²) in [4.78, 5) is 2.04. The SMILES string of the molecule is O=S(=O)(Nc1cc(C(F)(F)F)ccc1N1CC[C@@H]2CCCC[C@H]2C1)c1ccc(-c2ccccc2)cc1. The Hall–Kier alpha value is -3.00. The van der Waals surface area contributed by atoms with Crippen molar-refractivity contribution in [2.75, 3.05) is 22.7 Å². The van der Waals surface area contributed by atoms with Crippen LogP contribution in [0.25, 0.3) is 11.1 Å². The van der Waals surface area contributed by atoms with Crippen LogP contribution in [-0.2, 0) is 16.2 Å². The maximum Gasteiger partial charge on any atom is 0.416 e. The number of alkyl halides is 3. The summed E-state index contributed by atoms with van der Waals surface area (Å²) in [5.74, 6) is 1.14. The van der Waals surface area contributed by atoms with Gasteiger partial charge in [0, 0.05) is 13.1 Å². The molecule has 36 heavy (non-hydrogen) atoms. The number of nitrogens with one attached hydrogen (secondary N) is 1. The second kappa shape index (κ2) is 9.81. The molecule has 2 atom stereocenters. The lowest BCUT2D eigenvalue weighted by molar-refractivity contribution is -0.137. The van der Waals surface area contributed by atoms with E-state index in [0.29, 0.717) is 24.1 Å². The van der Waals surface area contributed by atoms with E-state index in [2.05, 4.69) is 4.72 Å². The van der Waals surface area contributed by atoms with Gasteiger partial charge in [0.2, 0.25) is 0 Å². The number of fused-ring (bicyclic) bond motifs is 1. The van der Waals surface area contributed by atoms with Gasteiger partial charge in [-0.3, -0.25) is 4.72 Å². The molecule has 0 unspecified atom stereocenters. The number of benzene rings is 3. The molecule has 0 aromatic heterocycles. The van der Waals surface area contributed by atoms with Crippen molar-refractivity contribution < 1.29 is 21.6 Å². The predicted molar refractivity (Wildman–Crippen MR) is 136 cm³/mol. The monoisotopic (exact) mass is 514 g/mol. The molecule has 1 aliphatic heterocycles. The van der Waals surface area contributed by atoms with Crippen molar-refractivity contribution in [1.82, 2.24) is 0 Å². The minimum Gasteiger partial charge on any atom is -0.370 e. The van der Waals surface area contributed by atoms with E-state index >= 15 is 0 Å². The summed E-state index contributed by atoms with van der Waals surface area (Å²) in [5.41, 5.74) is 1.38. The average molecular weight is 515 g/mol. The summed E-state index contributed by atoms with van der Waals surface area (Å²) in [7, 11) is -4.10. The second-order valence-corrected chi connectivity index (χ2v) is 11.4. The first-order chi connectivity index (χ1) is 17.2. The van der Waals surface area contributed by atoms with Crippen molar-refractivity contribution in [3.05, 3.63) is 78.4 Å². The van der Waals surface area contributed by atoms with Crippen LogP contribution in [0.2, 0.25) is 0 Å². The van der Waals surface area contributed by atoms with Crippen LogP contribution in [0.1, 0.15) is 37.7 Å². The average Bonchev–Trinajstić information content (AvgIpc) is 2.88. The molecule has 3 aromatic carbocycles. The third-order valence-electron chi connectivity index (χ3n) is 7.47. The third kappa shape index (κ3) is 5.24. The molecule has 8 heteroatoms. The van der Waals surface area contributed by atoms with E-state index in [1.54, 1.807) is 12.1 Å². The Morgan fingerprint density at radius 1 is 0.806 bits per heavy atom. The summed E-state index contributed by atoms with van der Waals surface area (Å²) >= 11 is 0. The van der Waals surface area contributed by atoms with Crippen molar-refractivity contribution in [3.63, 3.8) is 0 Å². The van der Waals surface area contributed by atoms with E-state index in [1.165, 1.54) is 37.5 Å². The largest absolute Gasteiger partial charge is 0.416 e. The molecule has 190 valence electrons. The number of piperidine rings is 1. The molecule has 1 saturated heterocycles. The van der Waals surface area contributed by atoms with Gasteiger partial charge in [0.1, 0.15) is 0 Å². The number of halogens is 3. The van der Waals surface area contributed by atoms with E-state index in [-0.39, 0.29) is 10.6 Å². The van der Waals surface area contributed by atoms with Crippen LogP contribution in [0, 0.1) is 11.8 Å². The minimum absolute atomic E-state index is 0.00321. The highest BCUT2D eigenvalue weighted by Crippen LogP contribution is 2.41. The molecule has 5 rings (SSSR count). The molecule has 1 heterocycles. The van der Waals surface area contributed by atoms with E-state index in [4.69, 9.17) is 0 Å². The molecule has 3 aromatic rings. The van der Waals surface area contributed by atoms with Crippen molar-refractivity contribution >= 4 is 21.4 Å². The molecule has 0 bridgehead atoms. The van der Waals surface area contributed by atoms with Gasteiger partial charge in [0.25, 0.3) is 10.0 Å². The van der Waals surface area contributed by atoms with Crippen LogP contribution in [0.3, 0.4) is 0 Å². The molecule has 2 aliphatic rings. The highest BCUT2D eigenvalue weighted by Gasteiger charge is 2.35. The normalized spacial score (nSPS) is 20.6. The first-order valence-electron chi connectivity index (χ1n) is 12.4. The smallest absolute Gasteiger partial charge is 0.370 e. The van der Waals surface area contributed by atoms with Crippen LogP contribution in [0.15, 0.2) is 77.7 Å². The number of anilines is 2. The Kier molecular flexibility index (Phi) is 6.72. The Balaban J connectivity index is 1.44. The predicted octanol–water partition coefficient (Wildman–Crippen LogP) is 7.19. The van der Waals surface area contributed by atoms with Crippen molar-refractivity contribution in [3.8, 4) is 11.1 Å². The summed E-state index contributed by atoms with van der Waals surface area (Å²) in [6.45, 7) is 1.43. The second-order valence-electron chi connectivity index (χ2n) is 9.76. The van der Waals surface area contributed by atoms with Crippen LogP contribution in [0.5, 0.6) is 0 Å². The van der Waals surface area contributed by atoms with Gasteiger partial charge >= 0.3 is 6.18 Å². The van der Waals surface area contributed by atoms with E-state index in [1.807, 2.05) is 35.2 Å². The Labute approximate surface area is 210 Å². The van der Waals surface area contributed by atoms with E-state index in [0.717, 1.165) is 42.6 Å². The fourth-order valence-electron chi connectivity index (χ4n) is 5.55. The van der Waals surface area contributed by atoms with Gasteiger partial charge in [-0.1, -0.05) is 61.7 Å². The first kappa shape index (κ1) is 24.7. The zero-order valence-corrected chi connectivity index (χ0v) is 20.7. The van der Waals surface area contributed by atoms with E-state index < -0.39 is 21.8 Å². The summed E-state index contributed by atoms with van der Waals surface area (Å²) in [5, 5.41) is 0. The Morgan fingerprint density at radius 3 is 2.17 bits per heavy atom. The molecule has 1 saturated carbocycles. The molecule has 0 amide bonds. The molecule has 0 spiro atoms. The first-order valence-corrected chi connectivity index (χ1v) is 13.8. The molecule has 1 N–H and O–H groups in total. The van der Waals surface area contributed by atoms with Crippen LogP contribution in [0.4, 0.5) is 24.5 Å². The zero-order valence-electron chi connectivity index (χ0n) is 19.8. The number of hydrogen-bond donors (Lipinski definition) is 1. The quantitative estimate of drug-likeness (QED) is 0.392. The van der Waals surface area contributed by atoms with Gasteiger partial charge in [0.05, 0.1) is 21.8 Å². The van der Waals surface area contributed by atoms with Gasteiger partial charge < -0.3 is 4.90 Å². The zero-order chi connectivity index (χ0) is 25.3. The van der Waals surface area contributed by atoms with Gasteiger partial charge in [-0.25, -0.2) is 8.42 Å². The number of rotatable bonds is 5. The van der Waals surface area contributed by atoms with Gasteiger partial charge in [0.15, 0.2) is 0 Å². The molecular weight excluding hydrogens is 485 g/mol. The van der Waals surface area contributed by atoms with Crippen LogP contribution >= 0.6 is 0 Å². The molecule has 1 aliphatic carbocycles. The summed E-state index contributed by atoms with van der Waals surface area (Å²) in [6, 6.07) is 19.2. The lowest BCUT2D eigenvalue weighted by atomic mass is 9.75. The third-order valence-corrected chi connectivity index (χ3v) is 8.85. The molecular formula is C28H29F3N2O2S. The molecule has 2 fully saturated rings. The fraction of sp³-hybridized carbons (Fsp3) is 0.357. The summed E-state index contributed by atoms with van der Waals surface area (Å²) in [6.07, 6.45) is 1.10. The number of sulfonamides is 1. The van der Waals surface area contributed by atoms with E-state index in [9.17, 15) is 21.6 Å². The van der Waals surface area contributed by atoms with Gasteiger partial charge in [-0.15, -0.1) is 0 Å². The van der Waals surface area contributed by atoms with Crippen molar-refractivity contribution in [2.24, 2.45) is 11.8 Å². The van der Waals surface area contributed by atoms with Crippen molar-refractivity contribution in [2.45, 2.75) is 43.2 Å². The summed E-state index contributed by atoms with van der Waals surface area (Å²) < 4.78 is 69.6. The van der Waals surface area contributed by atoms with Gasteiger partial charge in [-0.05, 0) is 66.1 Å². The van der Waals surface area contributed by atoms with Crippen LogP contribution in [-0.4, -0.2) is 21.5 Å². The minimum atomic E-state index is -4.58. The van der Waals surface area contributed by atoms with Gasteiger partial charge in [-0.2, -0.15) is 13.2 Å². The lowest BCUT2D eigenvalue weighted by Crippen LogP contribution is -2.42. The standard InChI is InChI=1S/C28H29F3N2O2S/c29-28(30,31)24-12-15-27(33-17-16-21-8-4-5-9-23(21)19-33)26(18-24)32-36(34,35)25-13-10-22(11-14-25)20-6-2-1-3-7-20/h1-3,6-7,10-15,18,21,23,32H,4-5,8-9,16-17,19H2/t21-,23-/m0/s1. The Morgan fingerprint density at radius 2 is 1.47 bits per heavy atom. The Bertz CT molecular complexity index is 1310. The molecule has 0 radical (unpaired) electrons. The fourth-order valence-corrected chi connectivity index (χ4v) is 6.62. The highest BCUT2D eigenvalue weighted by atomic mass is 32.2. The maximum absolute atomic E-state index is 13.5. The maximum atomic E-state index is 13.5. The highest BCUT2D eigenvalue weighted by molar-refractivity contribution is 7.92. The molecule has 4 nitrogen and oxygen atoms in total.